The van der Waals surface area contributed by atoms with Gasteiger partial charge in [-0.2, -0.15) is 0 Å². The summed E-state index contributed by atoms with van der Waals surface area (Å²) in [5.74, 6) is 0. The average Bonchev–Trinajstić information content (AvgIpc) is 2.58. The van der Waals surface area contributed by atoms with Crippen molar-refractivity contribution in [3.05, 3.63) is 69.8 Å². The Bertz CT molecular complexity index is 579. The zero-order valence-electron chi connectivity index (χ0n) is 11.3. The second kappa shape index (κ2) is 4.61. The average molecular weight is 236 g/mol. The number of rotatable bonds is 1. The summed E-state index contributed by atoms with van der Waals surface area (Å²) in [5.41, 5.74) is 9.15. The summed E-state index contributed by atoms with van der Waals surface area (Å²) in [7, 11) is 0. The predicted octanol–water partition coefficient (Wildman–Crippen LogP) is 4.25. The highest BCUT2D eigenvalue weighted by Gasteiger charge is 2.15. The monoisotopic (exact) mass is 236 g/mol. The van der Waals surface area contributed by atoms with Gasteiger partial charge in [-0.25, -0.2) is 0 Å². The predicted molar refractivity (Wildman–Crippen MR) is 77.2 cm³/mol. The van der Waals surface area contributed by atoms with E-state index in [0.29, 0.717) is 0 Å². The molecule has 0 heteroatoms. The fraction of sp³-hybridized carbons (Fsp3) is 0.333. The Balaban J connectivity index is 2.10. The van der Waals surface area contributed by atoms with Gasteiger partial charge in [0.15, 0.2) is 0 Å². The molecule has 2 aromatic carbocycles. The van der Waals surface area contributed by atoms with Crippen molar-refractivity contribution in [2.24, 2.45) is 0 Å². The Morgan fingerprint density at radius 2 is 1.67 bits per heavy atom. The minimum absolute atomic E-state index is 1.11. The molecule has 1 aliphatic carbocycles. The van der Waals surface area contributed by atoms with E-state index < -0.39 is 0 Å². The molecule has 1 aliphatic rings. The fourth-order valence-corrected chi connectivity index (χ4v) is 3.08. The molecule has 0 fully saturated rings. The van der Waals surface area contributed by atoms with Gasteiger partial charge in [-0.05, 0) is 66.0 Å². The zero-order valence-corrected chi connectivity index (χ0v) is 11.3. The zero-order chi connectivity index (χ0) is 12.5. The van der Waals surface area contributed by atoms with Crippen molar-refractivity contribution < 1.29 is 0 Å². The standard InChI is InChI=1S/C18H20/c1-3-14-10-13(2)18-12-16-7-5-4-6-15(16)8-9-17(18)11-14/h4-7,10-11H,3,8-9,12H2,1-2H3. The highest BCUT2D eigenvalue weighted by atomic mass is 14.2. The molecule has 0 saturated carbocycles. The van der Waals surface area contributed by atoms with E-state index in [0.717, 1.165) is 12.8 Å². The Hall–Kier alpha value is -1.56. The van der Waals surface area contributed by atoms with Crippen LogP contribution in [0.5, 0.6) is 0 Å². The number of hydrogen-bond acceptors (Lipinski definition) is 0. The molecular weight excluding hydrogens is 216 g/mol. The molecule has 0 saturated heterocycles. The van der Waals surface area contributed by atoms with Crippen LogP contribution in [0.2, 0.25) is 0 Å². The Kier molecular flexibility index (Phi) is 2.95. The van der Waals surface area contributed by atoms with Gasteiger partial charge in [0.25, 0.3) is 0 Å². The Morgan fingerprint density at radius 1 is 0.944 bits per heavy atom. The van der Waals surface area contributed by atoms with Gasteiger partial charge in [0.2, 0.25) is 0 Å². The number of benzene rings is 2. The minimum Gasteiger partial charge on any atom is -0.0620 e. The summed E-state index contributed by atoms with van der Waals surface area (Å²) in [4.78, 5) is 0. The van der Waals surface area contributed by atoms with Crippen molar-refractivity contribution in [3.8, 4) is 0 Å². The minimum atomic E-state index is 1.11. The molecule has 0 radical (unpaired) electrons. The van der Waals surface area contributed by atoms with Gasteiger partial charge in [-0.1, -0.05) is 43.3 Å². The van der Waals surface area contributed by atoms with Crippen LogP contribution in [0.25, 0.3) is 0 Å². The first kappa shape index (κ1) is 11.5. The lowest BCUT2D eigenvalue weighted by molar-refractivity contribution is 0.955. The second-order valence-corrected chi connectivity index (χ2v) is 5.35. The van der Waals surface area contributed by atoms with E-state index in [4.69, 9.17) is 0 Å². The van der Waals surface area contributed by atoms with Crippen LogP contribution >= 0.6 is 0 Å². The molecule has 0 spiro atoms. The van der Waals surface area contributed by atoms with Crippen molar-refractivity contribution in [2.75, 3.05) is 0 Å². The number of aryl methyl sites for hydroxylation is 4. The maximum absolute atomic E-state index is 2.42. The largest absolute Gasteiger partial charge is 0.0620 e. The van der Waals surface area contributed by atoms with E-state index in [2.05, 4.69) is 50.2 Å². The summed E-state index contributed by atoms with van der Waals surface area (Å²) in [6.07, 6.45) is 4.64. The second-order valence-electron chi connectivity index (χ2n) is 5.35. The van der Waals surface area contributed by atoms with E-state index in [1.165, 1.54) is 35.1 Å². The molecule has 2 aromatic rings. The number of fused-ring (bicyclic) bond motifs is 2. The first-order valence-corrected chi connectivity index (χ1v) is 6.96. The molecule has 0 bridgehead atoms. The van der Waals surface area contributed by atoms with Crippen LogP contribution in [0.4, 0.5) is 0 Å². The van der Waals surface area contributed by atoms with E-state index >= 15 is 0 Å². The van der Waals surface area contributed by atoms with Crippen LogP contribution < -0.4 is 0 Å². The molecular formula is C18H20. The fourth-order valence-electron chi connectivity index (χ4n) is 3.08. The molecule has 3 rings (SSSR count). The van der Waals surface area contributed by atoms with Crippen LogP contribution in [-0.2, 0) is 25.7 Å². The lowest BCUT2D eigenvalue weighted by atomic mass is 9.93. The quantitative estimate of drug-likeness (QED) is 0.694. The SMILES string of the molecule is CCc1cc(C)c2c(c1)CCc1ccccc1C2. The summed E-state index contributed by atoms with van der Waals surface area (Å²) in [6.45, 7) is 4.51. The lowest BCUT2D eigenvalue weighted by Gasteiger charge is -2.12. The van der Waals surface area contributed by atoms with Crippen LogP contribution in [0.1, 0.15) is 40.3 Å². The first-order valence-electron chi connectivity index (χ1n) is 6.96. The highest BCUT2D eigenvalue weighted by Crippen LogP contribution is 2.27. The summed E-state index contributed by atoms with van der Waals surface area (Å²) in [5, 5.41) is 0. The molecule has 0 aliphatic heterocycles. The van der Waals surface area contributed by atoms with Gasteiger partial charge in [-0.15, -0.1) is 0 Å². The van der Waals surface area contributed by atoms with Gasteiger partial charge in [0.1, 0.15) is 0 Å². The Morgan fingerprint density at radius 3 is 2.44 bits per heavy atom. The normalized spacial score (nSPS) is 13.7. The van der Waals surface area contributed by atoms with Crippen molar-refractivity contribution in [1.82, 2.24) is 0 Å². The smallest absolute Gasteiger partial charge is 0.00177 e. The third kappa shape index (κ3) is 1.96. The molecule has 0 heterocycles. The van der Waals surface area contributed by atoms with Gasteiger partial charge in [0.05, 0.1) is 0 Å². The molecule has 92 valence electrons. The van der Waals surface area contributed by atoms with Gasteiger partial charge < -0.3 is 0 Å². The number of hydrogen-bond donors (Lipinski definition) is 0. The van der Waals surface area contributed by atoms with Crippen molar-refractivity contribution in [3.63, 3.8) is 0 Å². The molecule has 0 unspecified atom stereocenters. The topological polar surface area (TPSA) is 0 Å². The highest BCUT2D eigenvalue weighted by molar-refractivity contribution is 5.45. The van der Waals surface area contributed by atoms with Crippen LogP contribution in [0.15, 0.2) is 36.4 Å². The van der Waals surface area contributed by atoms with Crippen molar-refractivity contribution in [1.29, 1.82) is 0 Å². The van der Waals surface area contributed by atoms with E-state index in [-0.39, 0.29) is 0 Å². The summed E-state index contributed by atoms with van der Waals surface area (Å²) < 4.78 is 0. The van der Waals surface area contributed by atoms with Crippen LogP contribution in [0, 0.1) is 6.92 Å². The Labute approximate surface area is 110 Å². The third-order valence-electron chi connectivity index (χ3n) is 4.18. The van der Waals surface area contributed by atoms with Gasteiger partial charge in [0, 0.05) is 0 Å². The summed E-state index contributed by atoms with van der Waals surface area (Å²) in [6, 6.07) is 13.7. The van der Waals surface area contributed by atoms with Gasteiger partial charge in [-0.3, -0.25) is 0 Å². The molecule has 0 nitrogen and oxygen atoms in total. The lowest BCUT2D eigenvalue weighted by Crippen LogP contribution is -1.98. The van der Waals surface area contributed by atoms with E-state index in [1.807, 2.05) is 0 Å². The van der Waals surface area contributed by atoms with E-state index in [1.54, 1.807) is 11.1 Å². The molecule has 18 heavy (non-hydrogen) atoms. The van der Waals surface area contributed by atoms with E-state index in [9.17, 15) is 0 Å². The van der Waals surface area contributed by atoms with Crippen LogP contribution in [0.3, 0.4) is 0 Å². The van der Waals surface area contributed by atoms with Gasteiger partial charge >= 0.3 is 0 Å². The molecule has 0 amide bonds. The third-order valence-corrected chi connectivity index (χ3v) is 4.18. The molecule has 0 atom stereocenters. The molecule has 0 aromatic heterocycles. The first-order chi connectivity index (χ1) is 8.78. The maximum Gasteiger partial charge on any atom is -0.00177 e. The summed E-state index contributed by atoms with van der Waals surface area (Å²) >= 11 is 0. The van der Waals surface area contributed by atoms with Crippen molar-refractivity contribution in [2.45, 2.75) is 39.5 Å². The van der Waals surface area contributed by atoms with Crippen LogP contribution in [-0.4, -0.2) is 0 Å². The molecule has 0 N–H and O–H groups in total. The van der Waals surface area contributed by atoms with Crippen molar-refractivity contribution >= 4 is 0 Å². The maximum atomic E-state index is 2.42.